The number of imidazole rings is 1. The standard InChI is InChI=1S/C15H27N3O/c1-13(5-11-18-12-10-17-14(18)2)16-9-8-15(19)6-3-4-7-15/h10,12-13,16,19H,3-9,11H2,1-2H3/t13-/m0/s1. The van der Waals surface area contributed by atoms with Crippen molar-refractivity contribution in [1.29, 1.82) is 0 Å². The van der Waals surface area contributed by atoms with E-state index in [9.17, 15) is 5.11 Å². The number of hydrogen-bond acceptors (Lipinski definition) is 3. The SMILES string of the molecule is Cc1nccn1CC[C@H](C)NCCC1(O)CCCC1. The Hall–Kier alpha value is -0.870. The van der Waals surface area contributed by atoms with Crippen molar-refractivity contribution in [3.8, 4) is 0 Å². The zero-order valence-electron chi connectivity index (χ0n) is 12.2. The first kappa shape index (κ1) is 14.5. The van der Waals surface area contributed by atoms with Crippen molar-refractivity contribution in [3.63, 3.8) is 0 Å². The molecule has 4 nitrogen and oxygen atoms in total. The summed E-state index contributed by atoms with van der Waals surface area (Å²) in [5.74, 6) is 1.08. The van der Waals surface area contributed by atoms with E-state index in [1.165, 1.54) is 12.8 Å². The van der Waals surface area contributed by atoms with E-state index >= 15 is 0 Å². The van der Waals surface area contributed by atoms with Crippen molar-refractivity contribution in [2.24, 2.45) is 0 Å². The van der Waals surface area contributed by atoms with Gasteiger partial charge in [-0.3, -0.25) is 0 Å². The van der Waals surface area contributed by atoms with Gasteiger partial charge in [0, 0.05) is 25.0 Å². The van der Waals surface area contributed by atoms with Gasteiger partial charge in [0.1, 0.15) is 5.82 Å². The fourth-order valence-electron chi connectivity index (χ4n) is 2.91. The average Bonchev–Trinajstić information content (AvgIpc) is 2.96. The lowest BCUT2D eigenvalue weighted by Gasteiger charge is -2.23. The Morgan fingerprint density at radius 3 is 2.84 bits per heavy atom. The Bertz CT molecular complexity index is 382. The highest BCUT2D eigenvalue weighted by Gasteiger charge is 2.30. The Balaban J connectivity index is 1.62. The highest BCUT2D eigenvalue weighted by Crippen LogP contribution is 2.31. The number of aryl methyl sites for hydroxylation is 2. The summed E-state index contributed by atoms with van der Waals surface area (Å²) in [6, 6.07) is 0.479. The molecule has 108 valence electrons. The average molecular weight is 265 g/mol. The maximum Gasteiger partial charge on any atom is 0.105 e. The molecule has 0 bridgehead atoms. The number of hydrogen-bond donors (Lipinski definition) is 2. The number of rotatable bonds is 7. The molecule has 0 spiro atoms. The van der Waals surface area contributed by atoms with Gasteiger partial charge in [-0.25, -0.2) is 4.98 Å². The summed E-state index contributed by atoms with van der Waals surface area (Å²) in [6.45, 7) is 6.17. The molecular weight excluding hydrogens is 238 g/mol. The van der Waals surface area contributed by atoms with Crippen LogP contribution in [0.4, 0.5) is 0 Å². The molecule has 1 aliphatic rings. The minimum Gasteiger partial charge on any atom is -0.390 e. The smallest absolute Gasteiger partial charge is 0.105 e. The molecular formula is C15H27N3O. The second-order valence-corrected chi connectivity index (χ2v) is 5.99. The summed E-state index contributed by atoms with van der Waals surface area (Å²) < 4.78 is 2.18. The molecule has 0 unspecified atom stereocenters. The first-order valence-corrected chi connectivity index (χ1v) is 7.53. The van der Waals surface area contributed by atoms with Gasteiger partial charge in [0.05, 0.1) is 5.60 Å². The van der Waals surface area contributed by atoms with E-state index in [2.05, 4.69) is 21.8 Å². The lowest BCUT2D eigenvalue weighted by atomic mass is 9.98. The van der Waals surface area contributed by atoms with Crippen LogP contribution in [0.3, 0.4) is 0 Å². The topological polar surface area (TPSA) is 50.1 Å². The minimum atomic E-state index is -0.381. The van der Waals surface area contributed by atoms with Crippen molar-refractivity contribution in [2.45, 2.75) is 70.6 Å². The molecule has 1 heterocycles. The molecule has 0 amide bonds. The monoisotopic (exact) mass is 265 g/mol. The van der Waals surface area contributed by atoms with Crippen molar-refractivity contribution < 1.29 is 5.11 Å². The maximum absolute atomic E-state index is 10.3. The second kappa shape index (κ2) is 6.53. The van der Waals surface area contributed by atoms with E-state index in [0.29, 0.717) is 6.04 Å². The summed E-state index contributed by atoms with van der Waals surface area (Å²) in [6.07, 6.45) is 10.2. The van der Waals surface area contributed by atoms with Crippen molar-refractivity contribution >= 4 is 0 Å². The molecule has 19 heavy (non-hydrogen) atoms. The highest BCUT2D eigenvalue weighted by atomic mass is 16.3. The molecule has 0 saturated heterocycles. The molecule has 2 rings (SSSR count). The zero-order chi connectivity index (χ0) is 13.7. The van der Waals surface area contributed by atoms with Crippen LogP contribution >= 0.6 is 0 Å². The van der Waals surface area contributed by atoms with Gasteiger partial charge in [0.2, 0.25) is 0 Å². The van der Waals surface area contributed by atoms with Gasteiger partial charge in [-0.05, 0) is 46.1 Å². The molecule has 0 radical (unpaired) electrons. The van der Waals surface area contributed by atoms with E-state index in [1.54, 1.807) is 0 Å². The molecule has 1 aromatic rings. The summed E-state index contributed by atoms with van der Waals surface area (Å²) in [5.41, 5.74) is -0.381. The van der Waals surface area contributed by atoms with Crippen LogP contribution in [0.1, 0.15) is 51.3 Å². The molecule has 2 N–H and O–H groups in total. The first-order valence-electron chi connectivity index (χ1n) is 7.53. The van der Waals surface area contributed by atoms with E-state index in [0.717, 1.165) is 44.6 Å². The molecule has 1 fully saturated rings. The normalized spacial score (nSPS) is 19.7. The van der Waals surface area contributed by atoms with Gasteiger partial charge in [0.15, 0.2) is 0 Å². The molecule has 0 aliphatic heterocycles. The van der Waals surface area contributed by atoms with E-state index in [1.807, 2.05) is 19.3 Å². The number of nitrogens with zero attached hydrogens (tertiary/aromatic N) is 2. The highest BCUT2D eigenvalue weighted by molar-refractivity contribution is 4.88. The predicted molar refractivity (Wildman–Crippen MR) is 77.1 cm³/mol. The summed E-state index contributed by atoms with van der Waals surface area (Å²) in [5, 5.41) is 13.8. The predicted octanol–water partition coefficient (Wildman–Crippen LogP) is 2.25. The third kappa shape index (κ3) is 4.32. The Kier molecular flexibility index (Phi) is 4.99. The van der Waals surface area contributed by atoms with Crippen molar-refractivity contribution in [3.05, 3.63) is 18.2 Å². The van der Waals surface area contributed by atoms with Crippen LogP contribution in [0.2, 0.25) is 0 Å². The third-order valence-corrected chi connectivity index (χ3v) is 4.34. The van der Waals surface area contributed by atoms with Gasteiger partial charge in [-0.15, -0.1) is 0 Å². The summed E-state index contributed by atoms with van der Waals surface area (Å²) in [4.78, 5) is 4.23. The maximum atomic E-state index is 10.3. The van der Waals surface area contributed by atoms with Gasteiger partial charge in [-0.1, -0.05) is 12.8 Å². The van der Waals surface area contributed by atoms with Crippen LogP contribution in [-0.4, -0.2) is 32.8 Å². The van der Waals surface area contributed by atoms with Crippen LogP contribution in [0.15, 0.2) is 12.4 Å². The molecule has 1 saturated carbocycles. The number of nitrogens with one attached hydrogen (secondary N) is 1. The van der Waals surface area contributed by atoms with E-state index < -0.39 is 0 Å². The number of aliphatic hydroxyl groups is 1. The lowest BCUT2D eigenvalue weighted by Crippen LogP contribution is -2.34. The van der Waals surface area contributed by atoms with E-state index in [-0.39, 0.29) is 5.60 Å². The Morgan fingerprint density at radius 2 is 2.21 bits per heavy atom. The summed E-state index contributed by atoms with van der Waals surface area (Å²) in [7, 11) is 0. The van der Waals surface area contributed by atoms with E-state index in [4.69, 9.17) is 0 Å². The quantitative estimate of drug-likeness (QED) is 0.795. The molecule has 0 aromatic carbocycles. The van der Waals surface area contributed by atoms with Crippen molar-refractivity contribution in [2.75, 3.05) is 6.54 Å². The fraction of sp³-hybridized carbons (Fsp3) is 0.800. The van der Waals surface area contributed by atoms with Gasteiger partial charge < -0.3 is 15.0 Å². The minimum absolute atomic E-state index is 0.381. The second-order valence-electron chi connectivity index (χ2n) is 5.99. The molecule has 4 heteroatoms. The Labute approximate surface area is 116 Å². The van der Waals surface area contributed by atoms with Crippen LogP contribution in [-0.2, 0) is 6.54 Å². The van der Waals surface area contributed by atoms with Crippen LogP contribution in [0.5, 0.6) is 0 Å². The molecule has 1 atom stereocenters. The van der Waals surface area contributed by atoms with Crippen LogP contribution in [0.25, 0.3) is 0 Å². The van der Waals surface area contributed by atoms with Gasteiger partial charge in [0.25, 0.3) is 0 Å². The first-order chi connectivity index (χ1) is 9.09. The molecule has 1 aliphatic carbocycles. The molecule has 1 aromatic heterocycles. The summed E-state index contributed by atoms with van der Waals surface area (Å²) >= 11 is 0. The van der Waals surface area contributed by atoms with Gasteiger partial charge >= 0.3 is 0 Å². The largest absolute Gasteiger partial charge is 0.390 e. The lowest BCUT2D eigenvalue weighted by molar-refractivity contribution is 0.0385. The third-order valence-electron chi connectivity index (χ3n) is 4.34. The van der Waals surface area contributed by atoms with Crippen LogP contribution < -0.4 is 5.32 Å². The van der Waals surface area contributed by atoms with Crippen molar-refractivity contribution in [1.82, 2.24) is 14.9 Å². The zero-order valence-corrected chi connectivity index (χ0v) is 12.2. The fourth-order valence-corrected chi connectivity index (χ4v) is 2.91. The van der Waals surface area contributed by atoms with Crippen LogP contribution in [0, 0.1) is 6.92 Å². The van der Waals surface area contributed by atoms with Gasteiger partial charge in [-0.2, -0.15) is 0 Å². The number of aromatic nitrogens is 2. The Morgan fingerprint density at radius 1 is 1.47 bits per heavy atom.